The molecule has 4 aromatic rings. The van der Waals surface area contributed by atoms with E-state index in [0.29, 0.717) is 37.4 Å². The molecule has 2 atom stereocenters. The number of carbonyl (C=O) groups is 1. The van der Waals surface area contributed by atoms with Crippen molar-refractivity contribution in [1.29, 1.82) is 0 Å². The zero-order valence-corrected chi connectivity index (χ0v) is 24.4. The number of H-pyrrole nitrogens is 1. The van der Waals surface area contributed by atoms with Gasteiger partial charge >= 0.3 is 6.18 Å². The van der Waals surface area contributed by atoms with Gasteiger partial charge in [-0.25, -0.2) is 9.97 Å². The SMILES string of the molecule is Cc1cc2c(Oc3ccc4c(c3)[C@H](C)N(C(=O)Cc3cnc(OC5CCCN(C)C5)c(C(F)(F)F)c3)CC4)ccnc2[nH]1. The van der Waals surface area contributed by atoms with Crippen LogP contribution in [0.1, 0.15) is 53.8 Å². The molecule has 43 heavy (non-hydrogen) atoms. The molecule has 0 aliphatic carbocycles. The van der Waals surface area contributed by atoms with Crippen LogP contribution in [0.3, 0.4) is 0 Å². The third-order valence-corrected chi connectivity index (χ3v) is 8.26. The number of aromatic amines is 1. The molecule has 11 heteroatoms. The Morgan fingerprint density at radius 3 is 2.77 bits per heavy atom. The lowest BCUT2D eigenvalue weighted by atomic mass is 9.92. The Kier molecular flexibility index (Phi) is 7.76. The lowest BCUT2D eigenvalue weighted by molar-refractivity contribution is -0.140. The maximum Gasteiger partial charge on any atom is 0.421 e. The van der Waals surface area contributed by atoms with Gasteiger partial charge in [0, 0.05) is 31.2 Å². The first kappa shape index (κ1) is 29.0. The van der Waals surface area contributed by atoms with Gasteiger partial charge in [0.05, 0.1) is 17.8 Å². The fraction of sp³-hybridized carbons (Fsp3) is 0.406. The van der Waals surface area contributed by atoms with Crippen LogP contribution in [0.5, 0.6) is 17.4 Å². The first-order valence-corrected chi connectivity index (χ1v) is 14.5. The maximum absolute atomic E-state index is 14.0. The summed E-state index contributed by atoms with van der Waals surface area (Å²) in [5.74, 6) is 0.602. The molecule has 0 spiro atoms. The number of alkyl halides is 3. The molecule has 0 saturated carbocycles. The quantitative estimate of drug-likeness (QED) is 0.285. The van der Waals surface area contributed by atoms with Crippen molar-refractivity contribution in [2.75, 3.05) is 26.7 Å². The first-order chi connectivity index (χ1) is 20.5. The minimum atomic E-state index is -4.66. The van der Waals surface area contributed by atoms with E-state index in [2.05, 4.69) is 15.0 Å². The minimum absolute atomic E-state index is 0.194. The molecule has 0 radical (unpaired) electrons. The van der Waals surface area contributed by atoms with Gasteiger partial charge in [-0.1, -0.05) is 6.07 Å². The van der Waals surface area contributed by atoms with Crippen molar-refractivity contribution in [2.45, 2.75) is 57.9 Å². The van der Waals surface area contributed by atoms with E-state index in [4.69, 9.17) is 9.47 Å². The van der Waals surface area contributed by atoms with E-state index in [1.54, 1.807) is 11.1 Å². The van der Waals surface area contributed by atoms with E-state index >= 15 is 0 Å². The van der Waals surface area contributed by atoms with Crippen molar-refractivity contribution < 1.29 is 27.4 Å². The van der Waals surface area contributed by atoms with E-state index in [-0.39, 0.29) is 30.0 Å². The zero-order valence-electron chi connectivity index (χ0n) is 24.4. The number of likely N-dealkylation sites (N-methyl/N-ethyl adjacent to an activating group) is 1. The summed E-state index contributed by atoms with van der Waals surface area (Å²) in [5, 5.41) is 0.872. The smallest absolute Gasteiger partial charge is 0.421 e. The molecule has 3 aromatic heterocycles. The third-order valence-electron chi connectivity index (χ3n) is 8.26. The molecule has 1 saturated heterocycles. The number of aromatic nitrogens is 3. The summed E-state index contributed by atoms with van der Waals surface area (Å²) >= 11 is 0. The molecule has 1 fully saturated rings. The number of nitrogens with one attached hydrogen (secondary N) is 1. The highest BCUT2D eigenvalue weighted by Crippen LogP contribution is 2.38. The Balaban J connectivity index is 1.18. The van der Waals surface area contributed by atoms with E-state index in [1.807, 2.05) is 56.1 Å². The second-order valence-electron chi connectivity index (χ2n) is 11.5. The van der Waals surface area contributed by atoms with Gasteiger partial charge in [-0.05, 0) is 93.7 Å². The van der Waals surface area contributed by atoms with Crippen molar-refractivity contribution in [1.82, 2.24) is 24.8 Å². The highest BCUT2D eigenvalue weighted by atomic mass is 19.4. The molecule has 6 rings (SSSR count). The van der Waals surface area contributed by atoms with Gasteiger partial charge in [-0.2, -0.15) is 13.2 Å². The molecule has 1 N–H and O–H groups in total. The number of likely N-dealkylation sites (tertiary alicyclic amines) is 1. The fourth-order valence-electron chi connectivity index (χ4n) is 6.08. The number of pyridine rings is 2. The van der Waals surface area contributed by atoms with Crippen LogP contribution >= 0.6 is 0 Å². The second kappa shape index (κ2) is 11.5. The maximum atomic E-state index is 14.0. The Bertz CT molecular complexity index is 1650. The molecule has 226 valence electrons. The Hall–Kier alpha value is -4.12. The van der Waals surface area contributed by atoms with E-state index in [1.165, 1.54) is 6.20 Å². The summed E-state index contributed by atoms with van der Waals surface area (Å²) in [6.07, 6.45) is -0.0571. The topological polar surface area (TPSA) is 83.6 Å². The van der Waals surface area contributed by atoms with Gasteiger partial charge in [-0.15, -0.1) is 0 Å². The number of rotatable bonds is 6. The molecular formula is C32H34F3N5O3. The Morgan fingerprint density at radius 1 is 1.14 bits per heavy atom. The number of halogens is 3. The van der Waals surface area contributed by atoms with Gasteiger partial charge in [0.15, 0.2) is 0 Å². The van der Waals surface area contributed by atoms with E-state index in [9.17, 15) is 18.0 Å². The van der Waals surface area contributed by atoms with Crippen molar-refractivity contribution in [2.24, 2.45) is 0 Å². The number of piperidine rings is 1. The molecular weight excluding hydrogens is 559 g/mol. The summed E-state index contributed by atoms with van der Waals surface area (Å²) in [6, 6.07) is 10.4. The minimum Gasteiger partial charge on any atom is -0.473 e. The number of benzene rings is 1. The number of amides is 1. The predicted octanol–water partition coefficient (Wildman–Crippen LogP) is 6.24. The second-order valence-corrected chi connectivity index (χ2v) is 11.5. The van der Waals surface area contributed by atoms with Crippen molar-refractivity contribution in [3.05, 3.63) is 76.7 Å². The van der Waals surface area contributed by atoms with Crippen LogP contribution in [0.2, 0.25) is 0 Å². The standard InChI is InChI=1S/C32H34F3N5O3/c1-19-13-26-28(8-10-36-30(26)38-19)42-23-7-6-22-9-12-40(20(2)25(22)16-23)29(41)15-21-14-27(32(33,34)35)31(37-17-21)43-24-5-4-11-39(3)18-24/h6-8,10,13-14,16-17,20,24H,4-5,9,11-12,15,18H2,1-3H3,(H,36,38)/t20-,24?/m0/s1. The molecule has 0 bridgehead atoms. The van der Waals surface area contributed by atoms with Crippen molar-refractivity contribution in [3.63, 3.8) is 0 Å². The fourth-order valence-corrected chi connectivity index (χ4v) is 6.08. The van der Waals surface area contributed by atoms with Gasteiger partial charge in [0.2, 0.25) is 11.8 Å². The van der Waals surface area contributed by atoms with E-state index < -0.39 is 17.6 Å². The Labute approximate surface area is 247 Å². The molecule has 1 amide bonds. The number of ether oxygens (including phenoxy) is 2. The van der Waals surface area contributed by atoms with Crippen LogP contribution < -0.4 is 9.47 Å². The monoisotopic (exact) mass is 593 g/mol. The van der Waals surface area contributed by atoms with Gasteiger partial charge in [0.1, 0.15) is 28.8 Å². The number of aryl methyl sites for hydroxylation is 1. The number of carbonyl (C=O) groups excluding carboxylic acids is 1. The number of hydrogen-bond donors (Lipinski definition) is 1. The lowest BCUT2D eigenvalue weighted by Crippen LogP contribution is -2.40. The zero-order chi connectivity index (χ0) is 30.3. The van der Waals surface area contributed by atoms with Crippen LogP contribution in [0.15, 0.2) is 48.8 Å². The van der Waals surface area contributed by atoms with E-state index in [0.717, 1.165) is 46.9 Å². The summed E-state index contributed by atoms with van der Waals surface area (Å²) in [6.45, 7) is 5.78. The number of hydrogen-bond acceptors (Lipinski definition) is 6. The van der Waals surface area contributed by atoms with Gasteiger partial charge in [0.25, 0.3) is 0 Å². The molecule has 1 unspecified atom stereocenters. The molecule has 2 aliphatic rings. The molecule has 5 heterocycles. The molecule has 1 aromatic carbocycles. The van der Waals surface area contributed by atoms with Crippen molar-refractivity contribution in [3.8, 4) is 17.4 Å². The molecule has 8 nitrogen and oxygen atoms in total. The van der Waals surface area contributed by atoms with Crippen LogP contribution in [0, 0.1) is 6.92 Å². The van der Waals surface area contributed by atoms with Gasteiger partial charge < -0.3 is 24.3 Å². The first-order valence-electron chi connectivity index (χ1n) is 14.5. The Morgan fingerprint density at radius 2 is 1.98 bits per heavy atom. The average molecular weight is 594 g/mol. The number of fused-ring (bicyclic) bond motifs is 2. The summed E-state index contributed by atoms with van der Waals surface area (Å²) in [5.41, 5.74) is 3.02. The van der Waals surface area contributed by atoms with Crippen LogP contribution in [-0.2, 0) is 23.8 Å². The molecule has 2 aliphatic heterocycles. The summed E-state index contributed by atoms with van der Waals surface area (Å²) in [4.78, 5) is 28.8. The third kappa shape index (κ3) is 6.17. The number of nitrogens with zero attached hydrogens (tertiary/aromatic N) is 4. The summed E-state index contributed by atoms with van der Waals surface area (Å²) in [7, 11) is 1.92. The highest BCUT2D eigenvalue weighted by Gasteiger charge is 2.37. The van der Waals surface area contributed by atoms with Gasteiger partial charge in [-0.3, -0.25) is 4.79 Å². The predicted molar refractivity (Wildman–Crippen MR) is 155 cm³/mol. The highest BCUT2D eigenvalue weighted by molar-refractivity contribution is 5.83. The average Bonchev–Trinajstić information content (AvgIpc) is 3.35. The van der Waals surface area contributed by atoms with Crippen LogP contribution in [0.25, 0.3) is 11.0 Å². The largest absolute Gasteiger partial charge is 0.473 e. The van der Waals surface area contributed by atoms with Crippen LogP contribution in [-0.4, -0.2) is 63.4 Å². The van der Waals surface area contributed by atoms with Crippen LogP contribution in [0.4, 0.5) is 13.2 Å². The lowest BCUT2D eigenvalue weighted by Gasteiger charge is -2.35. The summed E-state index contributed by atoms with van der Waals surface area (Å²) < 4.78 is 54.0. The van der Waals surface area contributed by atoms with Crippen molar-refractivity contribution >= 4 is 16.9 Å². The normalized spacial score (nSPS) is 19.3.